The molecule has 1 heterocycles. The van der Waals surface area contributed by atoms with Crippen molar-refractivity contribution in [1.82, 2.24) is 10.2 Å². The average molecular weight is 394 g/mol. The second kappa shape index (κ2) is 10.2. The van der Waals surface area contributed by atoms with Gasteiger partial charge in [0.2, 0.25) is 17.7 Å². The van der Waals surface area contributed by atoms with Gasteiger partial charge in [-0.2, -0.15) is 0 Å². The van der Waals surface area contributed by atoms with Gasteiger partial charge in [0.1, 0.15) is 12.6 Å². The normalized spacial score (nSPS) is 25.9. The first-order valence-corrected chi connectivity index (χ1v) is 11.3. The van der Waals surface area contributed by atoms with Crippen molar-refractivity contribution in [2.45, 2.75) is 82.7 Å². The van der Waals surface area contributed by atoms with Crippen LogP contribution in [-0.4, -0.2) is 54.3 Å². The minimum atomic E-state index is -0.635. The van der Waals surface area contributed by atoms with Crippen molar-refractivity contribution in [2.24, 2.45) is 17.6 Å². The number of nitrogens with one attached hydrogen (secondary N) is 1. The van der Waals surface area contributed by atoms with Gasteiger partial charge in [0.25, 0.3) is 0 Å². The van der Waals surface area contributed by atoms with E-state index in [1.165, 1.54) is 25.7 Å². The van der Waals surface area contributed by atoms with Crippen LogP contribution in [0.5, 0.6) is 0 Å². The van der Waals surface area contributed by atoms with E-state index in [4.69, 9.17) is 5.73 Å². The highest BCUT2D eigenvalue weighted by molar-refractivity contribution is 5.92. The zero-order valence-corrected chi connectivity index (χ0v) is 17.0. The number of piperazine rings is 1. The van der Waals surface area contributed by atoms with E-state index >= 15 is 0 Å². The lowest BCUT2D eigenvalue weighted by Crippen LogP contribution is -2.93. The molecule has 1 aliphatic heterocycles. The Hall–Kier alpha value is -1.63. The highest BCUT2D eigenvalue weighted by Crippen LogP contribution is 2.28. The molecular formula is C21H37N4O3+. The molecule has 2 aliphatic carbocycles. The van der Waals surface area contributed by atoms with Gasteiger partial charge in [-0.3, -0.25) is 14.4 Å². The van der Waals surface area contributed by atoms with Crippen LogP contribution in [0.1, 0.15) is 70.6 Å². The molecule has 0 bridgehead atoms. The maximum atomic E-state index is 13.0. The van der Waals surface area contributed by atoms with E-state index in [1.807, 2.05) is 0 Å². The summed E-state index contributed by atoms with van der Waals surface area (Å²) in [5, 5.41) is 4.97. The van der Waals surface area contributed by atoms with Gasteiger partial charge in [0.15, 0.2) is 6.04 Å². The largest absolute Gasteiger partial charge is 0.368 e. The van der Waals surface area contributed by atoms with Gasteiger partial charge in [0.05, 0.1) is 13.1 Å². The number of hydrogen-bond acceptors (Lipinski definition) is 3. The van der Waals surface area contributed by atoms with Crippen LogP contribution in [0.15, 0.2) is 0 Å². The quantitative estimate of drug-likeness (QED) is 0.603. The summed E-state index contributed by atoms with van der Waals surface area (Å²) in [7, 11) is 0. The molecule has 158 valence electrons. The Morgan fingerprint density at radius 1 is 1.00 bits per heavy atom. The molecule has 0 radical (unpaired) electrons. The van der Waals surface area contributed by atoms with Gasteiger partial charge in [-0.05, 0) is 25.2 Å². The molecule has 0 aromatic carbocycles. The highest BCUT2D eigenvalue weighted by Gasteiger charge is 2.38. The summed E-state index contributed by atoms with van der Waals surface area (Å²) in [5.41, 5.74) is 5.60. The molecule has 0 aromatic heterocycles. The number of rotatable bonds is 6. The van der Waals surface area contributed by atoms with Gasteiger partial charge in [-0.1, -0.05) is 51.4 Å². The number of nitrogens with zero attached hydrogens (tertiary/aromatic N) is 1. The minimum Gasteiger partial charge on any atom is -0.368 e. The summed E-state index contributed by atoms with van der Waals surface area (Å²) in [6, 6.07) is -1.14. The Bertz CT molecular complexity index is 556. The second-order valence-corrected chi connectivity index (χ2v) is 8.90. The molecule has 0 aromatic rings. The second-order valence-electron chi connectivity index (χ2n) is 8.90. The zero-order valence-electron chi connectivity index (χ0n) is 17.0. The molecule has 7 nitrogen and oxygen atoms in total. The summed E-state index contributed by atoms with van der Waals surface area (Å²) < 4.78 is 0. The van der Waals surface area contributed by atoms with Gasteiger partial charge >= 0.3 is 0 Å². The fourth-order valence-electron chi connectivity index (χ4n) is 5.16. The first kappa shape index (κ1) is 21.1. The van der Waals surface area contributed by atoms with Crippen LogP contribution in [0, 0.1) is 11.8 Å². The fourth-order valence-corrected chi connectivity index (χ4v) is 5.16. The van der Waals surface area contributed by atoms with Crippen molar-refractivity contribution in [3.63, 3.8) is 0 Å². The van der Waals surface area contributed by atoms with E-state index in [0.717, 1.165) is 45.1 Å². The fraction of sp³-hybridized carbons (Fsp3) is 0.857. The Labute approximate surface area is 168 Å². The number of quaternary nitrogens is 1. The molecule has 2 atom stereocenters. The van der Waals surface area contributed by atoms with Gasteiger partial charge < -0.3 is 21.3 Å². The van der Waals surface area contributed by atoms with Gasteiger partial charge in [-0.15, -0.1) is 0 Å². The number of primary amides is 1. The summed E-state index contributed by atoms with van der Waals surface area (Å²) in [4.78, 5) is 39.8. The van der Waals surface area contributed by atoms with Gasteiger partial charge in [0, 0.05) is 5.92 Å². The number of amides is 3. The molecule has 1 saturated heterocycles. The van der Waals surface area contributed by atoms with Crippen LogP contribution in [0.25, 0.3) is 0 Å². The molecule has 5 N–H and O–H groups in total. The van der Waals surface area contributed by atoms with Crippen molar-refractivity contribution in [3.8, 4) is 0 Å². The third-order valence-corrected chi connectivity index (χ3v) is 6.83. The predicted molar refractivity (Wildman–Crippen MR) is 106 cm³/mol. The maximum absolute atomic E-state index is 13.0. The number of hydrogen-bond donors (Lipinski definition) is 3. The van der Waals surface area contributed by atoms with Crippen LogP contribution in [0.2, 0.25) is 0 Å². The molecule has 7 heteroatoms. The Balaban J connectivity index is 1.61. The smallest absolute Gasteiger partial charge is 0.249 e. The monoisotopic (exact) mass is 393 g/mol. The molecule has 0 spiro atoms. The van der Waals surface area contributed by atoms with E-state index < -0.39 is 18.0 Å². The lowest BCUT2D eigenvalue weighted by Gasteiger charge is -2.37. The first-order valence-electron chi connectivity index (χ1n) is 11.3. The lowest BCUT2D eigenvalue weighted by molar-refractivity contribution is -0.665. The molecule has 0 unspecified atom stereocenters. The average Bonchev–Trinajstić information content (AvgIpc) is 2.74. The van der Waals surface area contributed by atoms with E-state index in [-0.39, 0.29) is 17.7 Å². The molecule has 3 fully saturated rings. The summed E-state index contributed by atoms with van der Waals surface area (Å²) in [6.07, 6.45) is 11.7. The van der Waals surface area contributed by atoms with Crippen LogP contribution >= 0.6 is 0 Å². The Morgan fingerprint density at radius 3 is 2.29 bits per heavy atom. The first-order chi connectivity index (χ1) is 13.6. The van der Waals surface area contributed by atoms with Crippen molar-refractivity contribution in [2.75, 3.05) is 19.6 Å². The van der Waals surface area contributed by atoms with Crippen LogP contribution in [0.4, 0.5) is 0 Å². The minimum absolute atomic E-state index is 0.0522. The topological polar surface area (TPSA) is 109 Å². The highest BCUT2D eigenvalue weighted by atomic mass is 16.2. The van der Waals surface area contributed by atoms with Gasteiger partial charge in [-0.25, -0.2) is 0 Å². The predicted octanol–water partition coefficient (Wildman–Crippen LogP) is 0.281. The van der Waals surface area contributed by atoms with E-state index in [0.29, 0.717) is 25.4 Å². The SMILES string of the molecule is NC(=O)[C@H](CC1CCCCC1)NC(=O)[C@H]1C[NH2+]CCN1C(=O)C1CCCCC1. The maximum Gasteiger partial charge on any atom is 0.249 e. The van der Waals surface area contributed by atoms with E-state index in [9.17, 15) is 14.4 Å². The molecule has 3 aliphatic rings. The number of nitrogens with two attached hydrogens (primary N) is 2. The molecule has 3 amide bonds. The molecular weight excluding hydrogens is 356 g/mol. The Morgan fingerprint density at radius 2 is 1.64 bits per heavy atom. The third kappa shape index (κ3) is 5.46. The van der Waals surface area contributed by atoms with Crippen molar-refractivity contribution < 1.29 is 19.7 Å². The zero-order chi connectivity index (χ0) is 19.9. The van der Waals surface area contributed by atoms with E-state index in [2.05, 4.69) is 10.6 Å². The van der Waals surface area contributed by atoms with Crippen LogP contribution in [0.3, 0.4) is 0 Å². The van der Waals surface area contributed by atoms with Crippen LogP contribution in [-0.2, 0) is 14.4 Å². The van der Waals surface area contributed by atoms with Crippen molar-refractivity contribution >= 4 is 17.7 Å². The van der Waals surface area contributed by atoms with Crippen molar-refractivity contribution in [1.29, 1.82) is 0 Å². The third-order valence-electron chi connectivity index (χ3n) is 6.83. The standard InChI is InChI=1S/C21H36N4O3/c22-19(26)17(13-15-7-3-1-4-8-15)24-20(27)18-14-23-11-12-25(18)21(28)16-9-5-2-6-10-16/h15-18,23H,1-14H2,(H2,22,26)(H,24,27)/p+1/t17-,18+/m0/s1. The summed E-state index contributed by atoms with van der Waals surface area (Å²) in [5.74, 6) is -0.0692. The molecule has 2 saturated carbocycles. The van der Waals surface area contributed by atoms with Crippen LogP contribution < -0.4 is 16.4 Å². The lowest BCUT2D eigenvalue weighted by atomic mass is 9.84. The summed E-state index contributed by atoms with van der Waals surface area (Å²) in [6.45, 7) is 1.97. The number of carbonyl (C=O) groups is 3. The van der Waals surface area contributed by atoms with E-state index in [1.54, 1.807) is 4.90 Å². The Kier molecular flexibility index (Phi) is 7.71. The van der Waals surface area contributed by atoms with Crippen molar-refractivity contribution in [3.05, 3.63) is 0 Å². The summed E-state index contributed by atoms with van der Waals surface area (Å²) >= 11 is 0. The molecule has 3 rings (SSSR count). The number of carbonyl (C=O) groups excluding carboxylic acids is 3. The molecule has 28 heavy (non-hydrogen) atoms.